The summed E-state index contributed by atoms with van der Waals surface area (Å²) in [4.78, 5) is 11.8. The molecule has 7 nitrogen and oxygen atoms in total. The average Bonchev–Trinajstić information content (AvgIpc) is 2.66. The highest BCUT2D eigenvalue weighted by Gasteiger charge is 2.28. The van der Waals surface area contributed by atoms with Crippen molar-refractivity contribution in [2.24, 2.45) is 0 Å². The monoisotopic (exact) mass is 336 g/mol. The summed E-state index contributed by atoms with van der Waals surface area (Å²) in [6, 6.07) is -0.136. The number of thiophene rings is 1. The number of nitrogens with two attached hydrogens (primary N) is 1. The first-order chi connectivity index (χ1) is 9.72. The van der Waals surface area contributed by atoms with Crippen LogP contribution in [0.3, 0.4) is 0 Å². The molecule has 0 aliphatic rings. The Labute approximate surface area is 128 Å². The molecule has 1 aromatic rings. The van der Waals surface area contributed by atoms with E-state index < -0.39 is 15.8 Å². The molecule has 1 heterocycles. The Bertz CT molecular complexity index is 609. The second-order valence-electron chi connectivity index (χ2n) is 4.50. The van der Waals surface area contributed by atoms with Crippen LogP contribution in [0, 0.1) is 0 Å². The third kappa shape index (κ3) is 4.32. The Kier molecular flexibility index (Phi) is 5.99. The van der Waals surface area contributed by atoms with Crippen LogP contribution in [0.25, 0.3) is 0 Å². The van der Waals surface area contributed by atoms with Crippen molar-refractivity contribution >= 4 is 37.8 Å². The van der Waals surface area contributed by atoms with Crippen molar-refractivity contribution < 1.29 is 22.7 Å². The number of sulfone groups is 1. The van der Waals surface area contributed by atoms with E-state index in [2.05, 4.69) is 5.32 Å². The summed E-state index contributed by atoms with van der Waals surface area (Å²) < 4.78 is 33.7. The number of esters is 1. The van der Waals surface area contributed by atoms with E-state index in [1.165, 1.54) is 0 Å². The van der Waals surface area contributed by atoms with E-state index >= 15 is 0 Å². The van der Waals surface area contributed by atoms with Crippen LogP contribution in [0.2, 0.25) is 0 Å². The summed E-state index contributed by atoms with van der Waals surface area (Å²) in [7, 11) is -2.03. The van der Waals surface area contributed by atoms with Gasteiger partial charge in [-0.1, -0.05) is 0 Å². The molecule has 1 rings (SSSR count). The highest BCUT2D eigenvalue weighted by atomic mass is 32.2. The zero-order valence-corrected chi connectivity index (χ0v) is 14.1. The molecule has 1 unspecified atom stereocenters. The minimum atomic E-state index is -3.58. The SMILES string of the molecule is CCOC(=O)c1sc(NC(C)COC)c(S(C)(=O)=O)c1N. The maximum Gasteiger partial charge on any atom is 0.350 e. The number of ether oxygens (including phenoxy) is 2. The predicted molar refractivity (Wildman–Crippen MR) is 82.8 cm³/mol. The summed E-state index contributed by atoms with van der Waals surface area (Å²) in [5.74, 6) is -0.627. The molecule has 9 heteroatoms. The van der Waals surface area contributed by atoms with E-state index in [1.54, 1.807) is 14.0 Å². The van der Waals surface area contributed by atoms with E-state index in [0.29, 0.717) is 11.6 Å². The molecule has 0 aliphatic heterocycles. The summed E-state index contributed by atoms with van der Waals surface area (Å²) in [5.41, 5.74) is 5.75. The van der Waals surface area contributed by atoms with Crippen molar-refractivity contribution in [2.75, 3.05) is 37.6 Å². The van der Waals surface area contributed by atoms with Gasteiger partial charge >= 0.3 is 5.97 Å². The Balaban J connectivity index is 3.28. The van der Waals surface area contributed by atoms with Gasteiger partial charge in [0, 0.05) is 19.4 Å². The number of anilines is 2. The number of carbonyl (C=O) groups is 1. The van der Waals surface area contributed by atoms with Gasteiger partial charge in [0.1, 0.15) is 14.8 Å². The van der Waals surface area contributed by atoms with Crippen LogP contribution < -0.4 is 11.1 Å². The normalized spacial score (nSPS) is 13.0. The minimum absolute atomic E-state index is 0.0708. The van der Waals surface area contributed by atoms with Crippen molar-refractivity contribution in [1.29, 1.82) is 0 Å². The molecule has 0 saturated heterocycles. The van der Waals surface area contributed by atoms with Crippen molar-refractivity contribution in [2.45, 2.75) is 24.8 Å². The van der Waals surface area contributed by atoms with Gasteiger partial charge in [-0.25, -0.2) is 13.2 Å². The molecule has 0 saturated carbocycles. The first kappa shape index (κ1) is 17.7. The van der Waals surface area contributed by atoms with Crippen LogP contribution in [-0.2, 0) is 19.3 Å². The molecule has 0 fully saturated rings. The molecule has 120 valence electrons. The summed E-state index contributed by atoms with van der Waals surface area (Å²) in [5, 5.41) is 3.32. The Morgan fingerprint density at radius 1 is 1.48 bits per heavy atom. The van der Waals surface area contributed by atoms with Crippen LogP contribution in [0.4, 0.5) is 10.7 Å². The second kappa shape index (κ2) is 7.10. The lowest BCUT2D eigenvalue weighted by atomic mass is 10.3. The largest absolute Gasteiger partial charge is 0.462 e. The van der Waals surface area contributed by atoms with E-state index in [-0.39, 0.29) is 28.1 Å². The van der Waals surface area contributed by atoms with Gasteiger partial charge in [0.25, 0.3) is 0 Å². The maximum absolute atomic E-state index is 11.9. The number of methoxy groups -OCH3 is 1. The van der Waals surface area contributed by atoms with Crippen molar-refractivity contribution in [1.82, 2.24) is 0 Å². The van der Waals surface area contributed by atoms with E-state index in [1.807, 2.05) is 6.92 Å². The third-order valence-electron chi connectivity index (χ3n) is 2.53. The Morgan fingerprint density at radius 2 is 2.10 bits per heavy atom. The fourth-order valence-electron chi connectivity index (χ4n) is 1.76. The number of hydrogen-bond donors (Lipinski definition) is 2. The fraction of sp³-hybridized carbons (Fsp3) is 0.583. The van der Waals surface area contributed by atoms with Crippen LogP contribution in [0.15, 0.2) is 4.90 Å². The molecule has 0 spiro atoms. The zero-order chi connectivity index (χ0) is 16.2. The molecule has 0 aromatic carbocycles. The number of hydrogen-bond acceptors (Lipinski definition) is 8. The molecule has 0 radical (unpaired) electrons. The molecule has 0 bridgehead atoms. The van der Waals surface area contributed by atoms with Gasteiger partial charge in [-0.05, 0) is 13.8 Å². The summed E-state index contributed by atoms with van der Waals surface area (Å²) >= 11 is 0.970. The molecule has 3 N–H and O–H groups in total. The van der Waals surface area contributed by atoms with E-state index in [0.717, 1.165) is 17.6 Å². The lowest BCUT2D eigenvalue weighted by molar-refractivity contribution is 0.0533. The van der Waals surface area contributed by atoms with Crippen LogP contribution in [0.5, 0.6) is 0 Å². The quantitative estimate of drug-likeness (QED) is 0.724. The van der Waals surface area contributed by atoms with Crippen molar-refractivity contribution in [3.8, 4) is 0 Å². The topological polar surface area (TPSA) is 108 Å². The van der Waals surface area contributed by atoms with Gasteiger partial charge in [0.05, 0.1) is 18.9 Å². The van der Waals surface area contributed by atoms with Gasteiger partial charge in [-0.15, -0.1) is 11.3 Å². The molecule has 1 atom stereocenters. The maximum atomic E-state index is 11.9. The summed E-state index contributed by atoms with van der Waals surface area (Å²) in [6.07, 6.45) is 1.05. The van der Waals surface area contributed by atoms with Crippen molar-refractivity contribution in [3.05, 3.63) is 4.88 Å². The Morgan fingerprint density at radius 3 is 2.57 bits per heavy atom. The van der Waals surface area contributed by atoms with Gasteiger partial charge < -0.3 is 20.5 Å². The zero-order valence-electron chi connectivity index (χ0n) is 12.4. The van der Waals surface area contributed by atoms with E-state index in [9.17, 15) is 13.2 Å². The molecular formula is C12H20N2O5S2. The van der Waals surface area contributed by atoms with Crippen molar-refractivity contribution in [3.63, 3.8) is 0 Å². The molecule has 1 aromatic heterocycles. The lowest BCUT2D eigenvalue weighted by Crippen LogP contribution is -2.21. The van der Waals surface area contributed by atoms with Crippen LogP contribution in [-0.4, -0.2) is 47.0 Å². The van der Waals surface area contributed by atoms with Crippen LogP contribution in [0.1, 0.15) is 23.5 Å². The van der Waals surface area contributed by atoms with Gasteiger partial charge in [-0.2, -0.15) is 0 Å². The minimum Gasteiger partial charge on any atom is -0.462 e. The smallest absolute Gasteiger partial charge is 0.350 e. The number of rotatable bonds is 7. The highest BCUT2D eigenvalue weighted by molar-refractivity contribution is 7.91. The molecule has 0 amide bonds. The van der Waals surface area contributed by atoms with Gasteiger partial charge in [-0.3, -0.25) is 0 Å². The third-order valence-corrected chi connectivity index (χ3v) is 4.94. The van der Waals surface area contributed by atoms with Gasteiger partial charge in [0.15, 0.2) is 9.84 Å². The number of carbonyl (C=O) groups excluding carboxylic acids is 1. The van der Waals surface area contributed by atoms with Gasteiger partial charge in [0.2, 0.25) is 0 Å². The fourth-order valence-corrected chi connectivity index (χ4v) is 4.32. The first-order valence-electron chi connectivity index (χ1n) is 6.27. The lowest BCUT2D eigenvalue weighted by Gasteiger charge is -2.13. The highest BCUT2D eigenvalue weighted by Crippen LogP contribution is 2.39. The van der Waals surface area contributed by atoms with E-state index in [4.69, 9.17) is 15.2 Å². The molecular weight excluding hydrogens is 316 g/mol. The van der Waals surface area contributed by atoms with Crippen LogP contribution >= 0.6 is 11.3 Å². The molecule has 0 aliphatic carbocycles. The predicted octanol–water partition coefficient (Wildman–Crippen LogP) is 1.36. The second-order valence-corrected chi connectivity index (χ2v) is 7.47. The standard InChI is InChI=1S/C12H20N2O5S2/c1-5-19-12(15)9-8(13)10(21(4,16)17)11(20-9)14-7(2)6-18-3/h7,14H,5-6,13H2,1-4H3. The first-order valence-corrected chi connectivity index (χ1v) is 8.98. The Hall–Kier alpha value is -1.32. The average molecular weight is 336 g/mol. The molecule has 21 heavy (non-hydrogen) atoms. The number of nitrogen functional groups attached to an aromatic ring is 1. The summed E-state index contributed by atoms with van der Waals surface area (Å²) in [6.45, 7) is 4.07. The number of nitrogens with one attached hydrogen (secondary N) is 1.